The topological polar surface area (TPSA) is 64.9 Å². The molecule has 5 heteroatoms. The highest BCUT2D eigenvalue weighted by atomic mass is 32.2. The van der Waals surface area contributed by atoms with Crippen LogP contribution in [0.2, 0.25) is 0 Å². The van der Waals surface area contributed by atoms with Crippen LogP contribution >= 0.6 is 11.8 Å². The second-order valence-electron chi connectivity index (χ2n) is 4.21. The van der Waals surface area contributed by atoms with Crippen molar-refractivity contribution >= 4 is 11.8 Å². The van der Waals surface area contributed by atoms with Gasteiger partial charge in [0.2, 0.25) is 5.89 Å². The van der Waals surface area contributed by atoms with E-state index in [1.807, 2.05) is 0 Å². The summed E-state index contributed by atoms with van der Waals surface area (Å²) in [7, 11) is 0. The summed E-state index contributed by atoms with van der Waals surface area (Å²) in [5.74, 6) is 1.45. The van der Waals surface area contributed by atoms with E-state index in [0.29, 0.717) is 24.1 Å². The first-order chi connectivity index (χ1) is 8.69. The fraction of sp³-hybridized carbons (Fsp3) is 0.385. The van der Waals surface area contributed by atoms with Crippen molar-refractivity contribution in [1.29, 1.82) is 0 Å². The van der Waals surface area contributed by atoms with Crippen molar-refractivity contribution in [3.05, 3.63) is 40.8 Å². The lowest BCUT2D eigenvalue weighted by molar-refractivity contribution is 0.414. The molecular formula is C13H17N3OS. The van der Waals surface area contributed by atoms with E-state index in [9.17, 15) is 0 Å². The van der Waals surface area contributed by atoms with Gasteiger partial charge in [0.15, 0.2) is 0 Å². The van der Waals surface area contributed by atoms with Crippen molar-refractivity contribution in [2.24, 2.45) is 5.73 Å². The number of nitrogens with zero attached hydrogens (tertiary/aromatic N) is 2. The maximum Gasteiger partial charge on any atom is 0.276 e. The Morgan fingerprint density at radius 3 is 2.78 bits per heavy atom. The number of aromatic nitrogens is 2. The Balaban J connectivity index is 1.95. The van der Waals surface area contributed by atoms with Crippen LogP contribution in [0.25, 0.3) is 0 Å². The van der Waals surface area contributed by atoms with E-state index in [4.69, 9.17) is 10.2 Å². The van der Waals surface area contributed by atoms with Crippen LogP contribution in [0.3, 0.4) is 0 Å². The quantitative estimate of drug-likeness (QED) is 0.839. The van der Waals surface area contributed by atoms with Gasteiger partial charge in [0.25, 0.3) is 5.22 Å². The molecule has 0 unspecified atom stereocenters. The second-order valence-corrected chi connectivity index (χ2v) is 5.13. The molecule has 1 heterocycles. The molecule has 0 saturated heterocycles. The highest BCUT2D eigenvalue weighted by Crippen LogP contribution is 2.22. The van der Waals surface area contributed by atoms with E-state index in [1.54, 1.807) is 11.8 Å². The lowest BCUT2D eigenvalue weighted by Crippen LogP contribution is -2.02. The van der Waals surface area contributed by atoms with E-state index in [2.05, 4.69) is 42.2 Å². The van der Waals surface area contributed by atoms with Crippen LogP contribution in [-0.2, 0) is 12.2 Å². The lowest BCUT2D eigenvalue weighted by atomic mass is 10.1. The van der Waals surface area contributed by atoms with Crippen LogP contribution < -0.4 is 5.73 Å². The first-order valence-electron chi connectivity index (χ1n) is 5.90. The smallest absolute Gasteiger partial charge is 0.276 e. The van der Waals surface area contributed by atoms with Gasteiger partial charge in [-0.3, -0.25) is 0 Å². The van der Waals surface area contributed by atoms with E-state index in [1.165, 1.54) is 16.7 Å². The molecule has 0 saturated carbocycles. The van der Waals surface area contributed by atoms with Gasteiger partial charge in [0, 0.05) is 18.7 Å². The van der Waals surface area contributed by atoms with Crippen LogP contribution in [-0.4, -0.2) is 16.7 Å². The Kier molecular flexibility index (Phi) is 4.38. The molecule has 18 heavy (non-hydrogen) atoms. The molecule has 4 nitrogen and oxygen atoms in total. The van der Waals surface area contributed by atoms with Gasteiger partial charge in [-0.25, -0.2) is 0 Å². The van der Waals surface area contributed by atoms with E-state index in [0.717, 1.165) is 5.75 Å². The Bertz CT molecular complexity index is 525. The van der Waals surface area contributed by atoms with Crippen LogP contribution in [0.15, 0.2) is 27.8 Å². The summed E-state index contributed by atoms with van der Waals surface area (Å²) in [5.41, 5.74) is 9.32. The summed E-state index contributed by atoms with van der Waals surface area (Å²) in [5, 5.41) is 8.52. The fourth-order valence-corrected chi connectivity index (χ4v) is 2.28. The fourth-order valence-electron chi connectivity index (χ4n) is 1.56. The Labute approximate surface area is 111 Å². The zero-order valence-corrected chi connectivity index (χ0v) is 11.5. The van der Waals surface area contributed by atoms with Gasteiger partial charge in [-0.2, -0.15) is 0 Å². The maximum atomic E-state index is 5.46. The molecule has 2 aromatic rings. The summed E-state index contributed by atoms with van der Waals surface area (Å²) < 4.78 is 5.46. The standard InChI is InChI=1S/C13H17N3OS/c1-9-3-4-11(7-10(9)2)8-18-13-16-15-12(17-13)5-6-14/h3-4,7H,5-6,8,14H2,1-2H3. The third-order valence-corrected chi connectivity index (χ3v) is 3.63. The molecule has 2 rings (SSSR count). The summed E-state index contributed by atoms with van der Waals surface area (Å²) in [4.78, 5) is 0. The third kappa shape index (κ3) is 3.34. The number of thioether (sulfide) groups is 1. The second kappa shape index (κ2) is 6.02. The van der Waals surface area contributed by atoms with Crippen molar-refractivity contribution in [2.75, 3.05) is 6.54 Å². The SMILES string of the molecule is Cc1ccc(CSc2nnc(CCN)o2)cc1C. The molecule has 0 fully saturated rings. The van der Waals surface area contributed by atoms with Gasteiger partial charge in [-0.05, 0) is 30.5 Å². The van der Waals surface area contributed by atoms with Gasteiger partial charge in [-0.1, -0.05) is 30.0 Å². The Morgan fingerprint density at radius 2 is 2.06 bits per heavy atom. The number of hydrogen-bond acceptors (Lipinski definition) is 5. The highest BCUT2D eigenvalue weighted by molar-refractivity contribution is 7.98. The Morgan fingerprint density at radius 1 is 1.22 bits per heavy atom. The number of nitrogens with two attached hydrogens (primary N) is 1. The molecule has 0 aliphatic heterocycles. The number of aryl methyl sites for hydroxylation is 2. The molecule has 0 atom stereocenters. The van der Waals surface area contributed by atoms with Crippen molar-refractivity contribution in [1.82, 2.24) is 10.2 Å². The van der Waals surface area contributed by atoms with E-state index >= 15 is 0 Å². The van der Waals surface area contributed by atoms with E-state index in [-0.39, 0.29) is 0 Å². The molecule has 0 bridgehead atoms. The molecule has 0 radical (unpaired) electrons. The van der Waals surface area contributed by atoms with Crippen LogP contribution in [0.5, 0.6) is 0 Å². The summed E-state index contributed by atoms with van der Waals surface area (Å²) in [6.45, 7) is 4.77. The minimum atomic E-state index is 0.531. The predicted molar refractivity (Wildman–Crippen MR) is 72.5 cm³/mol. The molecule has 0 aliphatic carbocycles. The summed E-state index contributed by atoms with van der Waals surface area (Å²) in [6.07, 6.45) is 0.636. The molecule has 1 aromatic heterocycles. The average Bonchev–Trinajstić information content (AvgIpc) is 2.79. The van der Waals surface area contributed by atoms with Gasteiger partial charge in [-0.15, -0.1) is 10.2 Å². The van der Waals surface area contributed by atoms with Crippen molar-refractivity contribution in [3.8, 4) is 0 Å². The first-order valence-corrected chi connectivity index (χ1v) is 6.89. The van der Waals surface area contributed by atoms with Gasteiger partial charge >= 0.3 is 0 Å². The lowest BCUT2D eigenvalue weighted by Gasteiger charge is -2.03. The molecule has 0 spiro atoms. The average molecular weight is 263 g/mol. The molecule has 0 amide bonds. The largest absolute Gasteiger partial charge is 0.416 e. The molecule has 1 aromatic carbocycles. The number of benzene rings is 1. The van der Waals surface area contributed by atoms with Gasteiger partial charge < -0.3 is 10.2 Å². The first kappa shape index (κ1) is 13.1. The van der Waals surface area contributed by atoms with Gasteiger partial charge in [0.1, 0.15) is 0 Å². The summed E-state index contributed by atoms with van der Waals surface area (Å²) >= 11 is 1.55. The third-order valence-electron chi connectivity index (χ3n) is 2.74. The number of rotatable bonds is 5. The molecule has 2 N–H and O–H groups in total. The van der Waals surface area contributed by atoms with Gasteiger partial charge in [0.05, 0.1) is 0 Å². The van der Waals surface area contributed by atoms with Crippen molar-refractivity contribution in [2.45, 2.75) is 31.2 Å². The van der Waals surface area contributed by atoms with Crippen molar-refractivity contribution in [3.63, 3.8) is 0 Å². The number of hydrogen-bond donors (Lipinski definition) is 1. The monoisotopic (exact) mass is 263 g/mol. The zero-order chi connectivity index (χ0) is 13.0. The molecular weight excluding hydrogens is 246 g/mol. The predicted octanol–water partition coefficient (Wildman–Crippen LogP) is 2.48. The van der Waals surface area contributed by atoms with Crippen molar-refractivity contribution < 1.29 is 4.42 Å². The normalized spacial score (nSPS) is 10.8. The maximum absolute atomic E-state index is 5.46. The van der Waals surface area contributed by atoms with Crippen LogP contribution in [0, 0.1) is 13.8 Å². The zero-order valence-electron chi connectivity index (χ0n) is 10.6. The minimum Gasteiger partial charge on any atom is -0.416 e. The molecule has 0 aliphatic rings. The highest BCUT2D eigenvalue weighted by Gasteiger charge is 2.06. The minimum absolute atomic E-state index is 0.531. The molecule has 96 valence electrons. The summed E-state index contributed by atoms with van der Waals surface area (Å²) in [6, 6.07) is 6.46. The van der Waals surface area contributed by atoms with Crippen LogP contribution in [0.4, 0.5) is 0 Å². The van der Waals surface area contributed by atoms with E-state index < -0.39 is 0 Å². The Hall–Kier alpha value is -1.33. The van der Waals surface area contributed by atoms with Crippen LogP contribution in [0.1, 0.15) is 22.6 Å².